The minimum absolute atomic E-state index is 0.505. The maximum absolute atomic E-state index is 5.26. The largest absolute Gasteiger partial charge is 0.495 e. The second-order valence-electron chi connectivity index (χ2n) is 4.04. The molecule has 0 radical (unpaired) electrons. The molecule has 2 nitrogen and oxygen atoms in total. The van der Waals surface area contributed by atoms with Gasteiger partial charge in [0, 0.05) is 17.8 Å². The Morgan fingerprint density at radius 2 is 2.19 bits per heavy atom. The molecule has 1 unspecified atom stereocenters. The number of rotatable bonds is 6. The lowest BCUT2D eigenvalue weighted by molar-refractivity contribution is 0.412. The number of hydrogen-bond acceptors (Lipinski definition) is 2. The number of unbranched alkanes of at least 4 members (excludes halogenated alkanes) is 1. The Balaban J connectivity index is 2.59. The molecule has 0 fully saturated rings. The van der Waals surface area contributed by atoms with Gasteiger partial charge < -0.3 is 10.1 Å². The highest BCUT2D eigenvalue weighted by Crippen LogP contribution is 2.28. The Kier molecular flexibility index (Phi) is 5.67. The summed E-state index contributed by atoms with van der Waals surface area (Å²) in [7, 11) is 1.68. The Morgan fingerprint density at radius 3 is 2.81 bits per heavy atom. The van der Waals surface area contributed by atoms with Crippen molar-refractivity contribution in [1.82, 2.24) is 0 Å². The van der Waals surface area contributed by atoms with E-state index >= 15 is 0 Å². The first-order valence-corrected chi connectivity index (χ1v) is 6.56. The van der Waals surface area contributed by atoms with Crippen molar-refractivity contribution in [3.05, 3.63) is 22.7 Å². The highest BCUT2D eigenvalue weighted by atomic mass is 79.9. The minimum Gasteiger partial charge on any atom is -0.495 e. The lowest BCUT2D eigenvalue weighted by Gasteiger charge is -2.15. The van der Waals surface area contributed by atoms with Gasteiger partial charge in [0.15, 0.2) is 0 Å². The van der Waals surface area contributed by atoms with Gasteiger partial charge in [0.2, 0.25) is 0 Å². The van der Waals surface area contributed by atoms with Gasteiger partial charge in [0.05, 0.1) is 11.6 Å². The second-order valence-corrected chi connectivity index (χ2v) is 4.89. The Hall–Kier alpha value is -0.700. The van der Waals surface area contributed by atoms with E-state index in [0.29, 0.717) is 6.04 Å². The summed E-state index contributed by atoms with van der Waals surface area (Å²) in [5.74, 6) is 0.868. The van der Waals surface area contributed by atoms with Crippen LogP contribution in [0.15, 0.2) is 22.7 Å². The molecule has 0 amide bonds. The lowest BCUT2D eigenvalue weighted by atomic mass is 10.1. The van der Waals surface area contributed by atoms with Crippen LogP contribution in [0.2, 0.25) is 0 Å². The number of nitrogens with one attached hydrogen (secondary N) is 1. The molecule has 0 aliphatic rings. The third kappa shape index (κ3) is 4.05. The summed E-state index contributed by atoms with van der Waals surface area (Å²) < 4.78 is 6.25. The van der Waals surface area contributed by atoms with Crippen LogP contribution in [0.25, 0.3) is 0 Å². The van der Waals surface area contributed by atoms with Gasteiger partial charge in [-0.25, -0.2) is 0 Å². The van der Waals surface area contributed by atoms with Crippen LogP contribution in [-0.4, -0.2) is 13.2 Å². The van der Waals surface area contributed by atoms with E-state index in [4.69, 9.17) is 4.74 Å². The van der Waals surface area contributed by atoms with Gasteiger partial charge >= 0.3 is 0 Å². The minimum atomic E-state index is 0.505. The molecule has 0 bridgehead atoms. The van der Waals surface area contributed by atoms with Crippen molar-refractivity contribution in [3.8, 4) is 5.75 Å². The number of halogens is 1. The molecule has 1 aromatic carbocycles. The van der Waals surface area contributed by atoms with Gasteiger partial charge in [0.25, 0.3) is 0 Å². The molecule has 0 saturated carbocycles. The van der Waals surface area contributed by atoms with Gasteiger partial charge in [-0.15, -0.1) is 0 Å². The summed E-state index contributed by atoms with van der Waals surface area (Å²) in [6.45, 7) is 4.43. The van der Waals surface area contributed by atoms with Crippen LogP contribution in [0.4, 0.5) is 5.69 Å². The molecule has 0 heterocycles. The lowest BCUT2D eigenvalue weighted by Crippen LogP contribution is -2.14. The normalized spacial score (nSPS) is 12.2. The maximum atomic E-state index is 5.26. The number of methoxy groups -OCH3 is 1. The molecule has 0 aliphatic carbocycles. The van der Waals surface area contributed by atoms with Crippen molar-refractivity contribution in [2.45, 2.75) is 39.2 Å². The number of anilines is 1. The predicted molar refractivity (Wildman–Crippen MR) is 73.3 cm³/mol. The Bertz CT molecular complexity index is 328. The summed E-state index contributed by atoms with van der Waals surface area (Å²) in [6, 6.07) is 6.60. The molecule has 1 rings (SSSR count). The zero-order valence-electron chi connectivity index (χ0n) is 10.2. The quantitative estimate of drug-likeness (QED) is 0.834. The van der Waals surface area contributed by atoms with Gasteiger partial charge in [0.1, 0.15) is 5.75 Å². The van der Waals surface area contributed by atoms with Crippen LogP contribution < -0.4 is 10.1 Å². The van der Waals surface area contributed by atoms with E-state index in [9.17, 15) is 0 Å². The molecular formula is C13H20BrNO. The Morgan fingerprint density at radius 1 is 1.44 bits per heavy atom. The third-order valence-electron chi connectivity index (χ3n) is 2.55. The van der Waals surface area contributed by atoms with Crippen molar-refractivity contribution in [2.24, 2.45) is 0 Å². The second kappa shape index (κ2) is 6.79. The highest BCUT2D eigenvalue weighted by molar-refractivity contribution is 9.10. The van der Waals surface area contributed by atoms with E-state index in [1.54, 1.807) is 7.11 Å². The zero-order valence-corrected chi connectivity index (χ0v) is 11.8. The monoisotopic (exact) mass is 285 g/mol. The first-order valence-electron chi connectivity index (χ1n) is 5.77. The van der Waals surface area contributed by atoms with Gasteiger partial charge in [-0.3, -0.25) is 0 Å². The van der Waals surface area contributed by atoms with Crippen LogP contribution in [0.1, 0.15) is 33.1 Å². The average Bonchev–Trinajstić information content (AvgIpc) is 2.29. The first-order chi connectivity index (χ1) is 7.67. The van der Waals surface area contributed by atoms with E-state index in [1.165, 1.54) is 19.3 Å². The predicted octanol–water partition coefficient (Wildman–Crippen LogP) is 4.45. The van der Waals surface area contributed by atoms with Crippen molar-refractivity contribution < 1.29 is 4.74 Å². The molecular weight excluding hydrogens is 266 g/mol. The molecule has 16 heavy (non-hydrogen) atoms. The van der Waals surface area contributed by atoms with Crippen molar-refractivity contribution in [1.29, 1.82) is 0 Å². The maximum Gasteiger partial charge on any atom is 0.135 e. The fourth-order valence-electron chi connectivity index (χ4n) is 1.62. The fourth-order valence-corrected chi connectivity index (χ4v) is 2.03. The van der Waals surface area contributed by atoms with Crippen LogP contribution in [0.3, 0.4) is 0 Å². The average molecular weight is 286 g/mol. The number of benzene rings is 1. The topological polar surface area (TPSA) is 21.3 Å². The third-order valence-corrected chi connectivity index (χ3v) is 3.21. The highest BCUT2D eigenvalue weighted by Gasteiger charge is 2.04. The first kappa shape index (κ1) is 13.4. The number of hydrogen-bond donors (Lipinski definition) is 1. The van der Waals surface area contributed by atoms with Crippen LogP contribution in [0.5, 0.6) is 5.75 Å². The molecule has 0 saturated heterocycles. The summed E-state index contributed by atoms with van der Waals surface area (Å²) in [6.07, 6.45) is 3.71. The smallest absolute Gasteiger partial charge is 0.135 e. The molecule has 1 atom stereocenters. The fraction of sp³-hybridized carbons (Fsp3) is 0.538. The van der Waals surface area contributed by atoms with Crippen LogP contribution in [0, 0.1) is 0 Å². The molecule has 1 aromatic rings. The molecule has 90 valence electrons. The Labute approximate surface area is 107 Å². The number of ether oxygens (including phenoxy) is 1. The summed E-state index contributed by atoms with van der Waals surface area (Å²) in [5, 5.41) is 3.48. The SMILES string of the molecule is CCCCC(C)Nc1ccc(Br)c(OC)c1. The van der Waals surface area contributed by atoms with Gasteiger partial charge in [-0.05, 0) is 41.4 Å². The molecule has 3 heteroatoms. The summed E-state index contributed by atoms with van der Waals surface area (Å²) in [4.78, 5) is 0. The van der Waals surface area contributed by atoms with Crippen molar-refractivity contribution >= 4 is 21.6 Å². The summed E-state index contributed by atoms with van der Waals surface area (Å²) >= 11 is 3.45. The van der Waals surface area contributed by atoms with Crippen LogP contribution in [-0.2, 0) is 0 Å². The van der Waals surface area contributed by atoms with E-state index in [0.717, 1.165) is 15.9 Å². The molecule has 0 spiro atoms. The van der Waals surface area contributed by atoms with Gasteiger partial charge in [-0.1, -0.05) is 19.8 Å². The summed E-state index contributed by atoms with van der Waals surface area (Å²) in [5.41, 5.74) is 1.11. The molecule has 0 aliphatic heterocycles. The molecule has 0 aromatic heterocycles. The van der Waals surface area contributed by atoms with E-state index < -0.39 is 0 Å². The van der Waals surface area contributed by atoms with E-state index in [-0.39, 0.29) is 0 Å². The molecule has 1 N–H and O–H groups in total. The zero-order chi connectivity index (χ0) is 12.0. The van der Waals surface area contributed by atoms with Crippen molar-refractivity contribution in [2.75, 3.05) is 12.4 Å². The van der Waals surface area contributed by atoms with E-state index in [2.05, 4.69) is 41.2 Å². The van der Waals surface area contributed by atoms with E-state index in [1.807, 2.05) is 12.1 Å². The standard InChI is InChI=1S/C13H20BrNO/c1-4-5-6-10(2)15-11-7-8-12(14)13(9-11)16-3/h7-10,15H,4-6H2,1-3H3. The van der Waals surface area contributed by atoms with Crippen LogP contribution >= 0.6 is 15.9 Å². The van der Waals surface area contributed by atoms with Gasteiger partial charge in [-0.2, -0.15) is 0 Å². The van der Waals surface area contributed by atoms with Crippen molar-refractivity contribution in [3.63, 3.8) is 0 Å².